The fourth-order valence-electron chi connectivity index (χ4n) is 2.03. The van der Waals surface area contributed by atoms with Crippen LogP contribution in [0.25, 0.3) is 10.2 Å². The van der Waals surface area contributed by atoms with Crippen LogP contribution in [0.15, 0.2) is 18.2 Å². The number of rotatable bonds is 4. The number of anilines is 1. The van der Waals surface area contributed by atoms with Crippen LogP contribution in [0.1, 0.15) is 23.2 Å². The van der Waals surface area contributed by atoms with Crippen molar-refractivity contribution in [3.05, 3.63) is 23.8 Å². The van der Waals surface area contributed by atoms with Crippen LogP contribution in [0.2, 0.25) is 0 Å². The molecule has 6 heteroatoms. The topological polar surface area (TPSA) is 88.2 Å². The average molecular weight is 277 g/mol. The molecule has 4 N–H and O–H groups in total. The van der Waals surface area contributed by atoms with Gasteiger partial charge in [0.05, 0.1) is 16.3 Å². The molecule has 1 aliphatic rings. The molecule has 1 atom stereocenters. The minimum absolute atomic E-state index is 0.173. The van der Waals surface area contributed by atoms with E-state index in [9.17, 15) is 9.90 Å². The Labute approximate surface area is 114 Å². The van der Waals surface area contributed by atoms with Gasteiger partial charge in [-0.05, 0) is 37.0 Å². The molecule has 0 bridgehead atoms. The van der Waals surface area contributed by atoms with E-state index >= 15 is 0 Å². The summed E-state index contributed by atoms with van der Waals surface area (Å²) in [5.74, 6) is 0.192. The third-order valence-electron chi connectivity index (χ3n) is 3.31. The Morgan fingerprint density at radius 1 is 1.58 bits per heavy atom. The SMILES string of the molecule is Nc1nc2ccc(C(=O)NCC(O)C3CC3)cc2s1. The number of aliphatic hydroxyl groups is 1. The predicted molar refractivity (Wildman–Crippen MR) is 75.1 cm³/mol. The lowest BCUT2D eigenvalue weighted by atomic mass is 10.2. The normalized spacial score (nSPS) is 16.5. The van der Waals surface area contributed by atoms with Crippen LogP contribution in [-0.4, -0.2) is 28.6 Å². The molecule has 1 heterocycles. The molecule has 100 valence electrons. The first-order chi connectivity index (χ1) is 9.13. The molecule has 0 radical (unpaired) electrons. The molecular weight excluding hydrogens is 262 g/mol. The number of nitrogens with zero attached hydrogens (tertiary/aromatic N) is 1. The third-order valence-corrected chi connectivity index (χ3v) is 4.15. The number of nitrogens with one attached hydrogen (secondary N) is 1. The molecule has 1 amide bonds. The summed E-state index contributed by atoms with van der Waals surface area (Å²) in [6, 6.07) is 5.29. The predicted octanol–water partition coefficient (Wildman–Crippen LogP) is 1.38. The van der Waals surface area contributed by atoms with Crippen molar-refractivity contribution >= 4 is 32.6 Å². The summed E-state index contributed by atoms with van der Waals surface area (Å²) < 4.78 is 0.896. The fourth-order valence-corrected chi connectivity index (χ4v) is 2.80. The van der Waals surface area contributed by atoms with E-state index in [0.29, 0.717) is 23.2 Å². The van der Waals surface area contributed by atoms with E-state index in [0.717, 1.165) is 23.1 Å². The molecule has 1 saturated carbocycles. The number of hydrogen-bond donors (Lipinski definition) is 3. The molecular formula is C13H15N3O2S. The van der Waals surface area contributed by atoms with Crippen LogP contribution in [-0.2, 0) is 0 Å². The largest absolute Gasteiger partial charge is 0.391 e. The van der Waals surface area contributed by atoms with E-state index in [1.165, 1.54) is 11.3 Å². The second-order valence-corrected chi connectivity index (χ2v) is 5.91. The van der Waals surface area contributed by atoms with E-state index in [2.05, 4.69) is 10.3 Å². The van der Waals surface area contributed by atoms with Gasteiger partial charge in [-0.2, -0.15) is 0 Å². The van der Waals surface area contributed by atoms with Gasteiger partial charge in [0.2, 0.25) is 0 Å². The number of thiazole rings is 1. The lowest BCUT2D eigenvalue weighted by Crippen LogP contribution is -2.33. The Bertz CT molecular complexity index is 621. The molecule has 1 unspecified atom stereocenters. The summed E-state index contributed by atoms with van der Waals surface area (Å²) in [4.78, 5) is 16.1. The van der Waals surface area contributed by atoms with Crippen molar-refractivity contribution in [3.63, 3.8) is 0 Å². The van der Waals surface area contributed by atoms with Crippen LogP contribution in [0.3, 0.4) is 0 Å². The minimum atomic E-state index is -0.424. The number of carbonyl (C=O) groups excluding carboxylic acids is 1. The number of hydrogen-bond acceptors (Lipinski definition) is 5. The van der Waals surface area contributed by atoms with Gasteiger partial charge in [-0.25, -0.2) is 4.98 Å². The first kappa shape index (κ1) is 12.4. The van der Waals surface area contributed by atoms with Gasteiger partial charge in [-0.3, -0.25) is 4.79 Å². The minimum Gasteiger partial charge on any atom is -0.391 e. The van der Waals surface area contributed by atoms with Crippen molar-refractivity contribution in [1.82, 2.24) is 10.3 Å². The highest BCUT2D eigenvalue weighted by Gasteiger charge is 2.29. The van der Waals surface area contributed by atoms with Crippen LogP contribution in [0.4, 0.5) is 5.13 Å². The lowest BCUT2D eigenvalue weighted by molar-refractivity contribution is 0.0901. The van der Waals surface area contributed by atoms with Gasteiger partial charge in [0.1, 0.15) is 0 Å². The van der Waals surface area contributed by atoms with E-state index in [1.54, 1.807) is 18.2 Å². The Balaban J connectivity index is 1.69. The number of nitrogens with two attached hydrogens (primary N) is 1. The molecule has 3 rings (SSSR count). The molecule has 1 aromatic heterocycles. The highest BCUT2D eigenvalue weighted by Crippen LogP contribution is 2.32. The van der Waals surface area contributed by atoms with Crippen molar-refractivity contribution < 1.29 is 9.90 Å². The quantitative estimate of drug-likeness (QED) is 0.787. The Kier molecular flexibility index (Phi) is 3.12. The number of aliphatic hydroxyl groups excluding tert-OH is 1. The van der Waals surface area contributed by atoms with Gasteiger partial charge in [0.15, 0.2) is 5.13 Å². The molecule has 1 aliphatic carbocycles. The van der Waals surface area contributed by atoms with Gasteiger partial charge in [-0.1, -0.05) is 11.3 Å². The number of amides is 1. The summed E-state index contributed by atoms with van der Waals surface area (Å²) in [7, 11) is 0. The van der Waals surface area contributed by atoms with Crippen LogP contribution in [0, 0.1) is 5.92 Å². The second-order valence-electron chi connectivity index (χ2n) is 4.85. The zero-order valence-electron chi connectivity index (χ0n) is 10.3. The summed E-state index contributed by atoms with van der Waals surface area (Å²) >= 11 is 1.36. The van der Waals surface area contributed by atoms with Gasteiger partial charge in [0.25, 0.3) is 5.91 Å². The standard InChI is InChI=1S/C13H15N3O2S/c14-13-16-9-4-3-8(5-11(9)19-13)12(18)15-6-10(17)7-1-2-7/h3-5,7,10,17H,1-2,6H2,(H2,14,16)(H,15,18). The smallest absolute Gasteiger partial charge is 0.251 e. The molecule has 1 aromatic carbocycles. The molecule has 0 saturated heterocycles. The van der Waals surface area contributed by atoms with E-state index in [4.69, 9.17) is 5.73 Å². The Morgan fingerprint density at radius 3 is 3.11 bits per heavy atom. The molecule has 2 aromatic rings. The highest BCUT2D eigenvalue weighted by molar-refractivity contribution is 7.22. The lowest BCUT2D eigenvalue weighted by Gasteiger charge is -2.10. The van der Waals surface area contributed by atoms with Crippen LogP contribution >= 0.6 is 11.3 Å². The number of carbonyl (C=O) groups is 1. The summed E-state index contributed by atoms with van der Waals surface area (Å²) in [6.07, 6.45) is 1.69. The summed E-state index contributed by atoms with van der Waals surface area (Å²) in [5.41, 5.74) is 7.00. The number of fused-ring (bicyclic) bond motifs is 1. The van der Waals surface area contributed by atoms with Crippen LogP contribution < -0.4 is 11.1 Å². The average Bonchev–Trinajstić information content (AvgIpc) is 3.16. The monoisotopic (exact) mass is 277 g/mol. The van der Waals surface area contributed by atoms with E-state index in [1.807, 2.05) is 0 Å². The Hall–Kier alpha value is -1.66. The zero-order chi connectivity index (χ0) is 13.4. The zero-order valence-corrected chi connectivity index (χ0v) is 11.1. The van der Waals surface area contributed by atoms with Gasteiger partial charge in [0, 0.05) is 12.1 Å². The second kappa shape index (κ2) is 4.79. The number of nitrogen functional groups attached to an aromatic ring is 1. The maximum absolute atomic E-state index is 12.0. The van der Waals surface area contributed by atoms with Crippen molar-refractivity contribution in [2.75, 3.05) is 12.3 Å². The van der Waals surface area contributed by atoms with E-state index < -0.39 is 6.10 Å². The van der Waals surface area contributed by atoms with Crippen molar-refractivity contribution in [2.45, 2.75) is 18.9 Å². The molecule has 1 fully saturated rings. The molecule has 0 aliphatic heterocycles. The maximum Gasteiger partial charge on any atom is 0.251 e. The van der Waals surface area contributed by atoms with Crippen molar-refractivity contribution in [2.24, 2.45) is 5.92 Å². The first-order valence-electron chi connectivity index (χ1n) is 6.26. The van der Waals surface area contributed by atoms with Crippen LogP contribution in [0.5, 0.6) is 0 Å². The number of benzene rings is 1. The number of aromatic nitrogens is 1. The van der Waals surface area contributed by atoms with Gasteiger partial charge < -0.3 is 16.2 Å². The molecule has 0 spiro atoms. The highest BCUT2D eigenvalue weighted by atomic mass is 32.1. The molecule has 5 nitrogen and oxygen atoms in total. The van der Waals surface area contributed by atoms with Gasteiger partial charge >= 0.3 is 0 Å². The van der Waals surface area contributed by atoms with Crippen molar-refractivity contribution in [1.29, 1.82) is 0 Å². The Morgan fingerprint density at radius 2 is 2.37 bits per heavy atom. The summed E-state index contributed by atoms with van der Waals surface area (Å²) in [6.45, 7) is 0.312. The first-order valence-corrected chi connectivity index (χ1v) is 7.07. The third kappa shape index (κ3) is 2.69. The summed E-state index contributed by atoms with van der Waals surface area (Å²) in [5, 5.41) is 13.0. The van der Waals surface area contributed by atoms with Gasteiger partial charge in [-0.15, -0.1) is 0 Å². The maximum atomic E-state index is 12.0. The molecule has 19 heavy (non-hydrogen) atoms. The fraction of sp³-hybridized carbons (Fsp3) is 0.385. The van der Waals surface area contributed by atoms with E-state index in [-0.39, 0.29) is 5.91 Å². The van der Waals surface area contributed by atoms with Crippen molar-refractivity contribution in [3.8, 4) is 0 Å².